The first-order valence-corrected chi connectivity index (χ1v) is 11.8. The molecule has 0 aliphatic carbocycles. The zero-order valence-electron chi connectivity index (χ0n) is 15.7. The van der Waals surface area contributed by atoms with E-state index in [2.05, 4.69) is 4.72 Å². The van der Waals surface area contributed by atoms with Crippen molar-refractivity contribution in [3.63, 3.8) is 0 Å². The van der Waals surface area contributed by atoms with Gasteiger partial charge in [0.1, 0.15) is 6.61 Å². The third kappa shape index (κ3) is 7.11. The first-order valence-electron chi connectivity index (χ1n) is 8.59. The molecule has 1 aromatic carbocycles. The minimum atomic E-state index is -4.17. The number of carbonyl (C=O) groups is 1. The number of hydrogen-bond donors (Lipinski definition) is 1. The van der Waals surface area contributed by atoms with Crippen LogP contribution in [0.25, 0.3) is 0 Å². The standard InChI is InChI=1S/C17H26N2O6S2/c1-17(2,3)13-19(15-9-10-26(21,22)12-15)16(20)11-25-27(23,24)18-14-7-5-4-6-8-14/h4-8,15,18H,9-13H2,1-3H3. The van der Waals surface area contributed by atoms with E-state index in [0.29, 0.717) is 18.7 Å². The van der Waals surface area contributed by atoms with Crippen molar-refractivity contribution < 1.29 is 25.8 Å². The van der Waals surface area contributed by atoms with Crippen LogP contribution in [0, 0.1) is 5.41 Å². The topological polar surface area (TPSA) is 110 Å². The van der Waals surface area contributed by atoms with E-state index in [4.69, 9.17) is 4.18 Å². The molecule has 0 aromatic heterocycles. The van der Waals surface area contributed by atoms with Crippen LogP contribution in [0.1, 0.15) is 27.2 Å². The summed E-state index contributed by atoms with van der Waals surface area (Å²) in [4.78, 5) is 14.1. The number of sulfone groups is 1. The normalized spacial score (nSPS) is 19.6. The van der Waals surface area contributed by atoms with Crippen LogP contribution in [0.15, 0.2) is 30.3 Å². The number of nitrogens with one attached hydrogen (secondary N) is 1. The van der Waals surface area contributed by atoms with Crippen molar-refractivity contribution >= 4 is 31.7 Å². The molecule has 1 amide bonds. The van der Waals surface area contributed by atoms with Crippen molar-refractivity contribution in [2.24, 2.45) is 5.41 Å². The zero-order chi connectivity index (χ0) is 20.3. The average Bonchev–Trinajstić information content (AvgIpc) is 2.90. The lowest BCUT2D eigenvalue weighted by molar-refractivity contribution is -0.136. The maximum absolute atomic E-state index is 12.6. The summed E-state index contributed by atoms with van der Waals surface area (Å²) in [5, 5.41) is 0. The molecule has 27 heavy (non-hydrogen) atoms. The molecule has 0 radical (unpaired) electrons. The second kappa shape index (κ2) is 8.15. The van der Waals surface area contributed by atoms with Crippen LogP contribution in [-0.4, -0.2) is 58.3 Å². The van der Waals surface area contributed by atoms with E-state index in [-0.39, 0.29) is 16.9 Å². The summed E-state index contributed by atoms with van der Waals surface area (Å²) >= 11 is 0. The van der Waals surface area contributed by atoms with Crippen LogP contribution >= 0.6 is 0 Å². The first kappa shape index (κ1) is 21.6. The molecule has 10 heteroatoms. The van der Waals surface area contributed by atoms with Gasteiger partial charge in [0.2, 0.25) is 5.91 Å². The number of anilines is 1. The molecule has 1 aromatic rings. The van der Waals surface area contributed by atoms with Crippen molar-refractivity contribution in [3.8, 4) is 0 Å². The van der Waals surface area contributed by atoms with Crippen molar-refractivity contribution in [1.82, 2.24) is 4.90 Å². The van der Waals surface area contributed by atoms with Gasteiger partial charge in [-0.15, -0.1) is 0 Å². The molecule has 1 unspecified atom stereocenters. The Balaban J connectivity index is 2.04. The molecule has 0 bridgehead atoms. The van der Waals surface area contributed by atoms with E-state index in [1.54, 1.807) is 30.3 Å². The molecular weight excluding hydrogens is 392 g/mol. The Kier molecular flexibility index (Phi) is 6.54. The third-order valence-electron chi connectivity index (χ3n) is 3.97. The van der Waals surface area contributed by atoms with Gasteiger partial charge in [-0.25, -0.2) is 12.6 Å². The molecule has 8 nitrogen and oxygen atoms in total. The zero-order valence-corrected chi connectivity index (χ0v) is 17.3. The highest BCUT2D eigenvalue weighted by Crippen LogP contribution is 2.23. The van der Waals surface area contributed by atoms with Crippen molar-refractivity contribution in [1.29, 1.82) is 0 Å². The minimum Gasteiger partial charge on any atom is -0.336 e. The Morgan fingerprint density at radius 3 is 2.41 bits per heavy atom. The summed E-state index contributed by atoms with van der Waals surface area (Å²) in [5.41, 5.74) is 0.0433. The highest BCUT2D eigenvalue weighted by Gasteiger charge is 2.36. The lowest BCUT2D eigenvalue weighted by atomic mass is 9.95. The number of para-hydroxylation sites is 1. The van der Waals surface area contributed by atoms with Gasteiger partial charge in [0, 0.05) is 12.6 Å². The molecule has 1 aliphatic rings. The monoisotopic (exact) mass is 418 g/mol. The number of carbonyl (C=O) groups excluding carboxylic acids is 1. The summed E-state index contributed by atoms with van der Waals surface area (Å²) in [7, 11) is -7.35. The average molecular weight is 419 g/mol. The maximum atomic E-state index is 12.6. The van der Waals surface area contributed by atoms with Gasteiger partial charge >= 0.3 is 10.3 Å². The molecule has 1 heterocycles. The van der Waals surface area contributed by atoms with E-state index in [1.807, 2.05) is 20.8 Å². The molecule has 0 saturated carbocycles. The predicted molar refractivity (Wildman–Crippen MR) is 103 cm³/mol. The van der Waals surface area contributed by atoms with Gasteiger partial charge in [-0.05, 0) is 24.0 Å². The van der Waals surface area contributed by atoms with Crippen LogP contribution in [0.4, 0.5) is 5.69 Å². The van der Waals surface area contributed by atoms with Crippen LogP contribution in [0.5, 0.6) is 0 Å². The highest BCUT2D eigenvalue weighted by molar-refractivity contribution is 7.91. The Morgan fingerprint density at radius 1 is 1.26 bits per heavy atom. The van der Waals surface area contributed by atoms with Gasteiger partial charge in [-0.2, -0.15) is 8.42 Å². The van der Waals surface area contributed by atoms with Gasteiger partial charge in [-0.1, -0.05) is 39.0 Å². The summed E-state index contributed by atoms with van der Waals surface area (Å²) in [6, 6.07) is 7.71. The molecule has 1 fully saturated rings. The van der Waals surface area contributed by atoms with Gasteiger partial charge in [0.25, 0.3) is 0 Å². The lowest BCUT2D eigenvalue weighted by Crippen LogP contribution is -2.47. The molecule has 152 valence electrons. The minimum absolute atomic E-state index is 0.0281. The van der Waals surface area contributed by atoms with Crippen molar-refractivity contribution in [2.45, 2.75) is 33.2 Å². The summed E-state index contributed by atoms with van der Waals surface area (Å²) in [6.07, 6.45) is 0.346. The smallest absolute Gasteiger partial charge is 0.336 e. The molecule has 0 spiro atoms. The molecule has 2 rings (SSSR count). The Morgan fingerprint density at radius 2 is 1.89 bits per heavy atom. The number of rotatable bonds is 7. The van der Waals surface area contributed by atoms with E-state index in [0.717, 1.165) is 0 Å². The fourth-order valence-corrected chi connectivity index (χ4v) is 5.31. The van der Waals surface area contributed by atoms with Gasteiger partial charge < -0.3 is 4.90 Å². The molecule has 1 saturated heterocycles. The van der Waals surface area contributed by atoms with E-state index in [9.17, 15) is 21.6 Å². The van der Waals surface area contributed by atoms with E-state index >= 15 is 0 Å². The fraction of sp³-hybridized carbons (Fsp3) is 0.588. The van der Waals surface area contributed by atoms with Gasteiger partial charge in [0.05, 0.1) is 17.2 Å². The first-order chi connectivity index (χ1) is 12.4. The predicted octanol–water partition coefficient (Wildman–Crippen LogP) is 1.42. The lowest BCUT2D eigenvalue weighted by Gasteiger charge is -2.34. The summed E-state index contributed by atoms with van der Waals surface area (Å²) in [5.74, 6) is -0.630. The molecule has 1 atom stereocenters. The largest absolute Gasteiger partial charge is 0.360 e. The number of benzene rings is 1. The van der Waals surface area contributed by atoms with Gasteiger partial charge in [-0.3, -0.25) is 9.52 Å². The maximum Gasteiger partial charge on any atom is 0.360 e. The second-order valence-electron chi connectivity index (χ2n) is 7.82. The Bertz CT molecular complexity index is 860. The van der Waals surface area contributed by atoms with E-state index in [1.165, 1.54) is 4.90 Å². The molecular formula is C17H26N2O6S2. The van der Waals surface area contributed by atoms with E-state index < -0.39 is 38.7 Å². The molecule has 1 aliphatic heterocycles. The van der Waals surface area contributed by atoms with Crippen LogP contribution in [0.2, 0.25) is 0 Å². The SMILES string of the molecule is CC(C)(C)CN(C(=O)COS(=O)(=O)Nc1ccccc1)C1CCS(=O)(=O)C1. The highest BCUT2D eigenvalue weighted by atomic mass is 32.2. The number of hydrogen-bond acceptors (Lipinski definition) is 6. The van der Waals surface area contributed by atoms with Crippen LogP contribution in [0.3, 0.4) is 0 Å². The quantitative estimate of drug-likeness (QED) is 0.717. The van der Waals surface area contributed by atoms with Gasteiger partial charge in [0.15, 0.2) is 9.84 Å². The summed E-state index contributed by atoms with van der Waals surface area (Å²) in [6.45, 7) is 5.39. The fourth-order valence-electron chi connectivity index (χ4n) is 2.84. The van der Waals surface area contributed by atoms with Crippen molar-refractivity contribution in [3.05, 3.63) is 30.3 Å². The Hall–Kier alpha value is -1.65. The second-order valence-corrected chi connectivity index (χ2v) is 11.4. The molecule has 1 N–H and O–H groups in total. The Labute approximate surface area is 161 Å². The van der Waals surface area contributed by atoms with Crippen molar-refractivity contribution in [2.75, 3.05) is 29.4 Å². The third-order valence-corrected chi connectivity index (χ3v) is 6.63. The number of amides is 1. The van der Waals surface area contributed by atoms with Crippen LogP contribution < -0.4 is 4.72 Å². The summed E-state index contributed by atoms with van der Waals surface area (Å²) < 4.78 is 54.7. The number of nitrogens with zero attached hydrogens (tertiary/aromatic N) is 1. The van der Waals surface area contributed by atoms with Crippen LogP contribution in [-0.2, 0) is 29.1 Å².